The average Bonchev–Trinajstić information content (AvgIpc) is 2.66. The molecular weight excluding hydrogens is 276 g/mol. The zero-order valence-electron chi connectivity index (χ0n) is 12.3. The van der Waals surface area contributed by atoms with E-state index >= 15 is 0 Å². The first kappa shape index (κ1) is 14.0. The summed E-state index contributed by atoms with van der Waals surface area (Å²) in [4.78, 5) is 3.74. The van der Waals surface area contributed by atoms with E-state index in [9.17, 15) is 5.26 Å². The Morgan fingerprint density at radius 3 is 2.81 bits per heavy atom. The topological polar surface area (TPSA) is 27.0 Å². The molecule has 0 bridgehead atoms. The molecule has 0 aromatic heterocycles. The lowest BCUT2D eigenvalue weighted by Gasteiger charge is -2.25. The van der Waals surface area contributed by atoms with Crippen LogP contribution in [0.15, 0.2) is 47.4 Å². The number of thioether (sulfide) groups is 1. The van der Waals surface area contributed by atoms with Crippen molar-refractivity contribution >= 4 is 17.4 Å². The maximum absolute atomic E-state index is 9.34. The number of aryl methyl sites for hydroxylation is 1. The van der Waals surface area contributed by atoms with Crippen molar-refractivity contribution in [2.45, 2.75) is 30.5 Å². The van der Waals surface area contributed by atoms with Crippen LogP contribution in [0.25, 0.3) is 0 Å². The van der Waals surface area contributed by atoms with Gasteiger partial charge in [-0.05, 0) is 30.2 Å². The van der Waals surface area contributed by atoms with Crippen molar-refractivity contribution in [3.05, 3.63) is 59.2 Å². The van der Waals surface area contributed by atoms with E-state index in [1.807, 2.05) is 30.0 Å². The summed E-state index contributed by atoms with van der Waals surface area (Å²) in [6, 6.07) is 16.7. The Kier molecular flexibility index (Phi) is 3.90. The molecule has 21 heavy (non-hydrogen) atoms. The average molecular weight is 294 g/mol. The van der Waals surface area contributed by atoms with Gasteiger partial charge in [-0.2, -0.15) is 5.26 Å². The van der Waals surface area contributed by atoms with Gasteiger partial charge in [0.25, 0.3) is 0 Å². The molecule has 1 aliphatic rings. The van der Waals surface area contributed by atoms with Gasteiger partial charge in [0.1, 0.15) is 6.07 Å². The number of rotatable bonds is 1. The molecule has 106 valence electrons. The third kappa shape index (κ3) is 2.77. The molecule has 1 heterocycles. The molecule has 1 aliphatic heterocycles. The summed E-state index contributed by atoms with van der Waals surface area (Å²) in [5.74, 6) is 0. The summed E-state index contributed by atoms with van der Waals surface area (Å²) >= 11 is 1.95. The standard InChI is InChI=1S/C18H18N2S/c1-13-6-5-8-16-12-20(11-14(2)21-18(13)16)17-9-4-3-7-15(17)10-19/h3-9,14H,11-12H2,1-2H3. The third-order valence-corrected chi connectivity index (χ3v) is 5.19. The molecule has 0 fully saturated rings. The Labute approximate surface area is 130 Å². The molecule has 0 amide bonds. The molecule has 1 unspecified atom stereocenters. The van der Waals surface area contributed by atoms with Gasteiger partial charge in [0.2, 0.25) is 0 Å². The van der Waals surface area contributed by atoms with Crippen molar-refractivity contribution in [2.75, 3.05) is 11.4 Å². The first-order valence-electron chi connectivity index (χ1n) is 7.18. The van der Waals surface area contributed by atoms with Crippen LogP contribution in [0.4, 0.5) is 5.69 Å². The molecule has 1 atom stereocenters. The second-order valence-corrected chi connectivity index (χ2v) is 6.95. The van der Waals surface area contributed by atoms with Crippen LogP contribution >= 0.6 is 11.8 Å². The lowest BCUT2D eigenvalue weighted by atomic mass is 10.1. The highest BCUT2D eigenvalue weighted by atomic mass is 32.2. The van der Waals surface area contributed by atoms with Crippen molar-refractivity contribution in [1.82, 2.24) is 0 Å². The fourth-order valence-corrected chi connectivity index (χ4v) is 4.05. The lowest BCUT2D eigenvalue weighted by molar-refractivity contribution is 0.782. The SMILES string of the molecule is Cc1cccc2c1SC(C)CN(c1ccccc1C#N)C2. The summed E-state index contributed by atoms with van der Waals surface area (Å²) in [5, 5.41) is 9.84. The highest BCUT2D eigenvalue weighted by Gasteiger charge is 2.22. The zero-order valence-corrected chi connectivity index (χ0v) is 13.2. The molecule has 2 aromatic rings. The van der Waals surface area contributed by atoms with Crippen LogP contribution in [-0.4, -0.2) is 11.8 Å². The van der Waals surface area contributed by atoms with E-state index in [1.54, 1.807) is 0 Å². The van der Waals surface area contributed by atoms with E-state index in [2.05, 4.69) is 49.1 Å². The monoisotopic (exact) mass is 294 g/mol. The summed E-state index contributed by atoms with van der Waals surface area (Å²) < 4.78 is 0. The van der Waals surface area contributed by atoms with E-state index in [0.29, 0.717) is 5.25 Å². The molecule has 2 nitrogen and oxygen atoms in total. The summed E-state index contributed by atoms with van der Waals surface area (Å²) in [6.07, 6.45) is 0. The van der Waals surface area contributed by atoms with Crippen molar-refractivity contribution in [3.63, 3.8) is 0 Å². The van der Waals surface area contributed by atoms with E-state index in [0.717, 1.165) is 24.3 Å². The van der Waals surface area contributed by atoms with Crippen LogP contribution in [0.3, 0.4) is 0 Å². The Bertz CT molecular complexity index is 703. The van der Waals surface area contributed by atoms with Crippen molar-refractivity contribution < 1.29 is 0 Å². The highest BCUT2D eigenvalue weighted by Crippen LogP contribution is 2.36. The zero-order chi connectivity index (χ0) is 14.8. The predicted molar refractivity (Wildman–Crippen MR) is 88.7 cm³/mol. The normalized spacial score (nSPS) is 17.8. The van der Waals surface area contributed by atoms with E-state index in [-0.39, 0.29) is 0 Å². The second-order valence-electron chi connectivity index (χ2n) is 5.50. The lowest BCUT2D eigenvalue weighted by Crippen LogP contribution is -2.28. The molecule has 0 saturated carbocycles. The third-order valence-electron chi connectivity index (χ3n) is 3.82. The Hall–Kier alpha value is -1.92. The number of nitrogens with zero attached hydrogens (tertiary/aromatic N) is 2. The summed E-state index contributed by atoms with van der Waals surface area (Å²) in [7, 11) is 0. The van der Waals surface area contributed by atoms with Gasteiger partial charge in [-0.25, -0.2) is 0 Å². The van der Waals surface area contributed by atoms with E-state index in [4.69, 9.17) is 0 Å². The number of anilines is 1. The Morgan fingerprint density at radius 2 is 2.00 bits per heavy atom. The van der Waals surface area contributed by atoms with Gasteiger partial charge in [-0.15, -0.1) is 11.8 Å². The smallest absolute Gasteiger partial charge is 0.101 e. The molecule has 0 N–H and O–H groups in total. The number of hydrogen-bond donors (Lipinski definition) is 0. The Balaban J connectivity index is 2.04. The van der Waals surface area contributed by atoms with Gasteiger partial charge in [0.15, 0.2) is 0 Å². The number of para-hydroxylation sites is 1. The fraction of sp³-hybridized carbons (Fsp3) is 0.278. The first-order valence-corrected chi connectivity index (χ1v) is 8.06. The molecule has 0 saturated heterocycles. The summed E-state index contributed by atoms with van der Waals surface area (Å²) in [5.41, 5.74) is 4.50. The van der Waals surface area contributed by atoms with Gasteiger partial charge in [0.05, 0.1) is 11.3 Å². The molecule has 3 rings (SSSR count). The van der Waals surface area contributed by atoms with Crippen LogP contribution in [0.2, 0.25) is 0 Å². The molecule has 0 radical (unpaired) electrons. The molecule has 0 spiro atoms. The van der Waals surface area contributed by atoms with Crippen molar-refractivity contribution in [3.8, 4) is 6.07 Å². The number of nitriles is 1. The first-order chi connectivity index (χ1) is 10.2. The van der Waals surface area contributed by atoms with Crippen LogP contribution in [0.5, 0.6) is 0 Å². The van der Waals surface area contributed by atoms with E-state index in [1.165, 1.54) is 16.0 Å². The highest BCUT2D eigenvalue weighted by molar-refractivity contribution is 8.00. The van der Waals surface area contributed by atoms with Gasteiger partial charge in [-0.3, -0.25) is 0 Å². The van der Waals surface area contributed by atoms with Crippen LogP contribution in [0, 0.1) is 18.3 Å². The maximum Gasteiger partial charge on any atom is 0.101 e. The minimum absolute atomic E-state index is 0.499. The summed E-state index contributed by atoms with van der Waals surface area (Å²) in [6.45, 7) is 6.26. The van der Waals surface area contributed by atoms with Crippen molar-refractivity contribution in [2.24, 2.45) is 0 Å². The number of fused-ring (bicyclic) bond motifs is 1. The predicted octanol–water partition coefficient (Wildman–Crippen LogP) is 4.37. The minimum Gasteiger partial charge on any atom is -0.365 e. The van der Waals surface area contributed by atoms with E-state index < -0.39 is 0 Å². The molecular formula is C18H18N2S. The minimum atomic E-state index is 0.499. The fourth-order valence-electron chi connectivity index (χ4n) is 2.85. The Morgan fingerprint density at radius 1 is 1.19 bits per heavy atom. The molecule has 0 aliphatic carbocycles. The second kappa shape index (κ2) is 5.83. The number of benzene rings is 2. The van der Waals surface area contributed by atoms with Gasteiger partial charge in [-0.1, -0.05) is 37.3 Å². The molecule has 3 heteroatoms. The molecule has 2 aromatic carbocycles. The van der Waals surface area contributed by atoms with Gasteiger partial charge >= 0.3 is 0 Å². The van der Waals surface area contributed by atoms with Gasteiger partial charge < -0.3 is 4.90 Å². The van der Waals surface area contributed by atoms with Crippen LogP contribution in [0.1, 0.15) is 23.6 Å². The van der Waals surface area contributed by atoms with Crippen LogP contribution in [-0.2, 0) is 6.54 Å². The largest absolute Gasteiger partial charge is 0.365 e. The maximum atomic E-state index is 9.34. The quantitative estimate of drug-likeness (QED) is 0.781. The van der Waals surface area contributed by atoms with Gasteiger partial charge in [0, 0.05) is 23.2 Å². The van der Waals surface area contributed by atoms with Crippen molar-refractivity contribution in [1.29, 1.82) is 5.26 Å². The number of hydrogen-bond acceptors (Lipinski definition) is 3. The van der Waals surface area contributed by atoms with Crippen LogP contribution < -0.4 is 4.90 Å².